The zero-order valence-electron chi connectivity index (χ0n) is 11.4. The van der Waals surface area contributed by atoms with Gasteiger partial charge in [-0.05, 0) is 43.0 Å². The van der Waals surface area contributed by atoms with Gasteiger partial charge in [0.25, 0.3) is 0 Å². The van der Waals surface area contributed by atoms with Gasteiger partial charge in [-0.2, -0.15) is 0 Å². The minimum Gasteiger partial charge on any atom is -0.326 e. The van der Waals surface area contributed by atoms with E-state index in [-0.39, 0.29) is 17.6 Å². The van der Waals surface area contributed by atoms with Crippen LogP contribution in [0.25, 0.3) is 0 Å². The fraction of sp³-hybridized carbons (Fsp3) is 0.500. The molecule has 3 rings (SSSR count). The summed E-state index contributed by atoms with van der Waals surface area (Å²) < 4.78 is 25.1. The number of hydrogen-bond acceptors (Lipinski definition) is 3. The van der Waals surface area contributed by atoms with Crippen LogP contribution in [0.1, 0.15) is 19.8 Å². The van der Waals surface area contributed by atoms with E-state index in [0.29, 0.717) is 24.6 Å². The highest BCUT2D eigenvalue weighted by Gasteiger charge is 2.39. The normalized spacial score (nSPS) is 27.4. The first-order valence-electron chi connectivity index (χ1n) is 6.89. The van der Waals surface area contributed by atoms with E-state index in [1.807, 2.05) is 0 Å². The molecule has 1 aromatic carbocycles. The van der Waals surface area contributed by atoms with E-state index in [1.165, 1.54) is 4.31 Å². The number of nitrogens with zero attached hydrogens (tertiary/aromatic N) is 1. The molecule has 20 heavy (non-hydrogen) atoms. The van der Waals surface area contributed by atoms with Crippen LogP contribution in [0.5, 0.6) is 0 Å². The lowest BCUT2D eigenvalue weighted by atomic mass is 10.2. The molecule has 1 saturated heterocycles. The molecule has 108 valence electrons. The first kappa shape index (κ1) is 13.4. The predicted molar refractivity (Wildman–Crippen MR) is 78.1 cm³/mol. The number of amides is 1. The Hall–Kier alpha value is -1.56. The van der Waals surface area contributed by atoms with Gasteiger partial charge >= 0.3 is 0 Å². The maximum atomic E-state index is 11.8. The highest BCUT2D eigenvalue weighted by Crippen LogP contribution is 2.38. The third-order valence-electron chi connectivity index (χ3n) is 3.97. The summed E-state index contributed by atoms with van der Waals surface area (Å²) in [7, 11) is -3.14. The van der Waals surface area contributed by atoms with Crippen LogP contribution >= 0.6 is 0 Å². The van der Waals surface area contributed by atoms with Gasteiger partial charge in [0.1, 0.15) is 0 Å². The zero-order valence-corrected chi connectivity index (χ0v) is 12.2. The Kier molecular flexibility index (Phi) is 3.20. The van der Waals surface area contributed by atoms with Crippen molar-refractivity contribution in [3.63, 3.8) is 0 Å². The number of nitrogens with one attached hydrogen (secondary N) is 1. The van der Waals surface area contributed by atoms with Crippen LogP contribution in [-0.2, 0) is 14.8 Å². The van der Waals surface area contributed by atoms with Crippen LogP contribution < -0.4 is 9.62 Å². The van der Waals surface area contributed by atoms with Crippen molar-refractivity contribution in [3.8, 4) is 0 Å². The topological polar surface area (TPSA) is 66.5 Å². The fourth-order valence-electron chi connectivity index (χ4n) is 2.56. The molecule has 1 amide bonds. The summed E-state index contributed by atoms with van der Waals surface area (Å²) in [6, 6.07) is 7.01. The van der Waals surface area contributed by atoms with E-state index < -0.39 is 10.0 Å². The van der Waals surface area contributed by atoms with Crippen molar-refractivity contribution in [2.75, 3.05) is 21.9 Å². The second kappa shape index (κ2) is 4.77. The minimum atomic E-state index is -3.14. The molecule has 1 saturated carbocycles. The lowest BCUT2D eigenvalue weighted by molar-refractivity contribution is -0.117. The zero-order chi connectivity index (χ0) is 14.3. The first-order valence-corrected chi connectivity index (χ1v) is 8.49. The number of carbonyl (C=O) groups is 1. The summed E-state index contributed by atoms with van der Waals surface area (Å²) in [4.78, 5) is 11.8. The maximum absolute atomic E-state index is 11.8. The molecule has 0 spiro atoms. The lowest BCUT2D eigenvalue weighted by Crippen LogP contribution is -2.25. The average Bonchev–Trinajstić information content (AvgIpc) is 3.03. The highest BCUT2D eigenvalue weighted by molar-refractivity contribution is 7.93. The second-order valence-corrected chi connectivity index (χ2v) is 7.61. The second-order valence-electron chi connectivity index (χ2n) is 5.60. The van der Waals surface area contributed by atoms with Gasteiger partial charge in [-0.1, -0.05) is 6.92 Å². The van der Waals surface area contributed by atoms with Gasteiger partial charge < -0.3 is 5.32 Å². The van der Waals surface area contributed by atoms with Crippen molar-refractivity contribution >= 4 is 27.3 Å². The summed E-state index contributed by atoms with van der Waals surface area (Å²) in [5.74, 6) is 0.877. The molecular formula is C14H18N2O3S. The number of rotatable bonds is 3. The van der Waals surface area contributed by atoms with Gasteiger partial charge in [-0.25, -0.2) is 8.42 Å². The summed E-state index contributed by atoms with van der Waals surface area (Å²) in [6.07, 6.45) is 1.62. The van der Waals surface area contributed by atoms with Crippen LogP contribution in [0, 0.1) is 11.8 Å². The van der Waals surface area contributed by atoms with Crippen molar-refractivity contribution < 1.29 is 13.2 Å². The summed E-state index contributed by atoms with van der Waals surface area (Å²) >= 11 is 0. The van der Waals surface area contributed by atoms with Gasteiger partial charge in [-0.15, -0.1) is 0 Å². The number of carbonyl (C=O) groups excluding carboxylic acids is 1. The Morgan fingerprint density at radius 2 is 1.95 bits per heavy atom. The van der Waals surface area contributed by atoms with Gasteiger partial charge in [0.05, 0.1) is 11.4 Å². The summed E-state index contributed by atoms with van der Waals surface area (Å²) in [6.45, 7) is 2.60. The molecule has 0 radical (unpaired) electrons. The highest BCUT2D eigenvalue weighted by atomic mass is 32.2. The van der Waals surface area contributed by atoms with Crippen LogP contribution in [0.15, 0.2) is 24.3 Å². The largest absolute Gasteiger partial charge is 0.326 e. The van der Waals surface area contributed by atoms with E-state index in [0.717, 1.165) is 12.1 Å². The number of anilines is 2. The first-order chi connectivity index (χ1) is 9.47. The molecule has 2 aliphatic rings. The van der Waals surface area contributed by atoms with E-state index in [9.17, 15) is 13.2 Å². The number of benzene rings is 1. The van der Waals surface area contributed by atoms with Gasteiger partial charge in [0.2, 0.25) is 15.9 Å². The van der Waals surface area contributed by atoms with Gasteiger partial charge in [0, 0.05) is 18.2 Å². The molecule has 5 nitrogen and oxygen atoms in total. The van der Waals surface area contributed by atoms with E-state index in [1.54, 1.807) is 24.3 Å². The van der Waals surface area contributed by atoms with E-state index in [2.05, 4.69) is 12.2 Å². The standard InChI is InChI=1S/C14H18N2O3S/c1-10-9-13(10)14(17)15-11-3-5-12(6-4-11)16-7-2-8-20(16,18)19/h3-6,10,13H,2,7-9H2,1H3,(H,15,17)/t10-,13-/m0/s1. The smallest absolute Gasteiger partial charge is 0.235 e. The quantitative estimate of drug-likeness (QED) is 0.924. The van der Waals surface area contributed by atoms with Crippen molar-refractivity contribution in [2.45, 2.75) is 19.8 Å². The molecule has 1 N–H and O–H groups in total. The van der Waals surface area contributed by atoms with Gasteiger partial charge in [-0.3, -0.25) is 9.10 Å². The molecule has 1 aliphatic carbocycles. The van der Waals surface area contributed by atoms with Crippen molar-refractivity contribution in [2.24, 2.45) is 11.8 Å². The third-order valence-corrected chi connectivity index (χ3v) is 5.84. The Morgan fingerprint density at radius 1 is 1.30 bits per heavy atom. The molecule has 1 heterocycles. The molecule has 1 aliphatic heterocycles. The van der Waals surface area contributed by atoms with E-state index >= 15 is 0 Å². The monoisotopic (exact) mass is 294 g/mol. The third kappa shape index (κ3) is 2.52. The van der Waals surface area contributed by atoms with Crippen LogP contribution in [-0.4, -0.2) is 26.6 Å². The van der Waals surface area contributed by atoms with Crippen LogP contribution in [0.2, 0.25) is 0 Å². The molecular weight excluding hydrogens is 276 g/mol. The Labute approximate surface area is 119 Å². The van der Waals surface area contributed by atoms with Crippen molar-refractivity contribution in [1.29, 1.82) is 0 Å². The average molecular weight is 294 g/mol. The predicted octanol–water partition coefficient (Wildman–Crippen LogP) is 1.82. The molecule has 0 bridgehead atoms. The Morgan fingerprint density at radius 3 is 2.45 bits per heavy atom. The molecule has 0 aromatic heterocycles. The maximum Gasteiger partial charge on any atom is 0.235 e. The van der Waals surface area contributed by atoms with Gasteiger partial charge in [0.15, 0.2) is 0 Å². The Balaban J connectivity index is 1.70. The van der Waals surface area contributed by atoms with Crippen LogP contribution in [0.3, 0.4) is 0 Å². The Bertz CT molecular complexity index is 624. The summed E-state index contributed by atoms with van der Waals surface area (Å²) in [5, 5.41) is 2.87. The number of sulfonamides is 1. The molecule has 6 heteroatoms. The molecule has 1 aromatic rings. The molecule has 2 fully saturated rings. The lowest BCUT2D eigenvalue weighted by Gasteiger charge is -2.17. The molecule has 2 atom stereocenters. The molecule has 0 unspecified atom stereocenters. The number of hydrogen-bond donors (Lipinski definition) is 1. The minimum absolute atomic E-state index is 0.0547. The van der Waals surface area contributed by atoms with Crippen molar-refractivity contribution in [1.82, 2.24) is 0 Å². The van der Waals surface area contributed by atoms with E-state index in [4.69, 9.17) is 0 Å². The van der Waals surface area contributed by atoms with Crippen LogP contribution in [0.4, 0.5) is 11.4 Å². The van der Waals surface area contributed by atoms with Crippen molar-refractivity contribution in [3.05, 3.63) is 24.3 Å². The SMILES string of the molecule is C[C@H]1C[C@@H]1C(=O)Nc1ccc(N2CCCS2(=O)=O)cc1. The fourth-order valence-corrected chi connectivity index (χ4v) is 4.13. The summed E-state index contributed by atoms with van der Waals surface area (Å²) in [5.41, 5.74) is 1.38.